The number of halogens is 1. The first-order valence-corrected chi connectivity index (χ1v) is 5.99. The van der Waals surface area contributed by atoms with Crippen LogP contribution in [0.25, 0.3) is 0 Å². The van der Waals surface area contributed by atoms with E-state index < -0.39 is 21.7 Å². The van der Waals surface area contributed by atoms with Gasteiger partial charge in [0.05, 0.1) is 11.9 Å². The largest absolute Gasteiger partial charge is 0.323 e. The van der Waals surface area contributed by atoms with E-state index in [0.717, 1.165) is 12.5 Å². The van der Waals surface area contributed by atoms with Crippen LogP contribution in [0.4, 0.5) is 4.39 Å². The molecule has 0 aliphatic carbocycles. The van der Waals surface area contributed by atoms with Crippen molar-refractivity contribution < 1.29 is 12.8 Å². The van der Waals surface area contributed by atoms with Gasteiger partial charge in [-0.3, -0.25) is 4.98 Å². The van der Waals surface area contributed by atoms with Gasteiger partial charge >= 0.3 is 0 Å². The lowest BCUT2D eigenvalue weighted by atomic mass is 10.1. The Kier molecular flexibility index (Phi) is 3.17. The molecule has 0 saturated heterocycles. The molecule has 0 aliphatic rings. The number of nitrogens with zero attached hydrogens (tertiary/aromatic N) is 1. The molecule has 1 rings (SSSR count). The van der Waals surface area contributed by atoms with Crippen LogP contribution in [-0.4, -0.2) is 25.4 Å². The highest BCUT2D eigenvalue weighted by molar-refractivity contribution is 7.90. The number of pyridine rings is 1. The summed E-state index contributed by atoms with van der Waals surface area (Å²) in [5, 5.41) is 0. The lowest BCUT2D eigenvalue weighted by Gasteiger charge is -2.10. The molecule has 0 bridgehead atoms. The van der Waals surface area contributed by atoms with Gasteiger partial charge in [-0.2, -0.15) is 0 Å². The first-order chi connectivity index (χ1) is 6.40. The van der Waals surface area contributed by atoms with Crippen molar-refractivity contribution in [2.45, 2.75) is 6.04 Å². The van der Waals surface area contributed by atoms with Crippen LogP contribution in [0.1, 0.15) is 11.6 Å². The smallest absolute Gasteiger partial charge is 0.149 e. The quantitative estimate of drug-likeness (QED) is 0.790. The summed E-state index contributed by atoms with van der Waals surface area (Å²) in [5.74, 6) is -0.850. The average Bonchev–Trinajstić information content (AvgIpc) is 2.01. The molecule has 2 N–H and O–H groups in total. The molecule has 0 saturated carbocycles. The van der Waals surface area contributed by atoms with Crippen molar-refractivity contribution in [2.75, 3.05) is 12.0 Å². The van der Waals surface area contributed by atoms with E-state index in [1.54, 1.807) is 0 Å². The van der Waals surface area contributed by atoms with Crippen molar-refractivity contribution in [3.05, 3.63) is 29.8 Å². The molecule has 6 heteroatoms. The number of hydrogen-bond acceptors (Lipinski definition) is 4. The Hall–Kier alpha value is -1.01. The van der Waals surface area contributed by atoms with Crippen LogP contribution in [0.2, 0.25) is 0 Å². The molecule has 1 unspecified atom stereocenters. The topological polar surface area (TPSA) is 73.0 Å². The maximum absolute atomic E-state index is 13.1. The van der Waals surface area contributed by atoms with Gasteiger partial charge in [0.15, 0.2) is 0 Å². The van der Waals surface area contributed by atoms with Gasteiger partial charge in [-0.25, -0.2) is 12.8 Å². The van der Waals surface area contributed by atoms with Crippen LogP contribution in [0, 0.1) is 5.82 Å². The Morgan fingerprint density at radius 3 is 2.79 bits per heavy atom. The number of aromatic nitrogens is 1. The van der Waals surface area contributed by atoms with Gasteiger partial charge in [-0.05, 0) is 6.07 Å². The van der Waals surface area contributed by atoms with E-state index in [9.17, 15) is 12.8 Å². The van der Waals surface area contributed by atoms with E-state index in [0.29, 0.717) is 0 Å². The third-order valence-electron chi connectivity index (χ3n) is 1.69. The van der Waals surface area contributed by atoms with Crippen LogP contribution in [-0.2, 0) is 9.84 Å². The first-order valence-electron chi connectivity index (χ1n) is 3.93. The molecule has 0 aromatic carbocycles. The highest BCUT2D eigenvalue weighted by atomic mass is 32.2. The van der Waals surface area contributed by atoms with Gasteiger partial charge < -0.3 is 5.73 Å². The highest BCUT2D eigenvalue weighted by Crippen LogP contribution is 2.14. The molecule has 0 amide bonds. The fraction of sp³-hybridized carbons (Fsp3) is 0.375. The molecule has 0 spiro atoms. The minimum Gasteiger partial charge on any atom is -0.323 e. The molecule has 0 radical (unpaired) electrons. The third kappa shape index (κ3) is 3.04. The molecule has 78 valence electrons. The Bertz CT molecular complexity index is 419. The van der Waals surface area contributed by atoms with E-state index in [-0.39, 0.29) is 11.3 Å². The Labute approximate surface area is 81.9 Å². The summed E-state index contributed by atoms with van der Waals surface area (Å²) in [6.45, 7) is 0. The van der Waals surface area contributed by atoms with Gasteiger partial charge in [0.25, 0.3) is 0 Å². The first kappa shape index (κ1) is 11.1. The van der Waals surface area contributed by atoms with Gasteiger partial charge in [-0.1, -0.05) is 0 Å². The van der Waals surface area contributed by atoms with Crippen molar-refractivity contribution in [3.8, 4) is 0 Å². The Morgan fingerprint density at radius 1 is 1.64 bits per heavy atom. The van der Waals surface area contributed by atoms with Gasteiger partial charge in [-0.15, -0.1) is 0 Å². The fourth-order valence-corrected chi connectivity index (χ4v) is 1.93. The number of rotatable bonds is 3. The molecule has 1 heterocycles. The molecule has 0 aliphatic heterocycles. The number of hydrogen-bond donors (Lipinski definition) is 1. The van der Waals surface area contributed by atoms with E-state index in [4.69, 9.17) is 5.73 Å². The molecule has 1 atom stereocenters. The lowest BCUT2D eigenvalue weighted by Crippen LogP contribution is -2.21. The Balaban J connectivity index is 2.90. The van der Waals surface area contributed by atoms with Crippen molar-refractivity contribution in [2.24, 2.45) is 5.73 Å². The fourth-order valence-electron chi connectivity index (χ4n) is 1.10. The van der Waals surface area contributed by atoms with Crippen LogP contribution in [0.3, 0.4) is 0 Å². The predicted octanol–water partition coefficient (Wildman–Crippen LogP) is 0.265. The normalized spacial score (nSPS) is 13.9. The molecule has 0 fully saturated rings. The lowest BCUT2D eigenvalue weighted by molar-refractivity contribution is 0.575. The summed E-state index contributed by atoms with van der Waals surface area (Å²) in [7, 11) is -3.20. The third-order valence-corrected chi connectivity index (χ3v) is 2.65. The summed E-state index contributed by atoms with van der Waals surface area (Å²) in [5.41, 5.74) is 5.71. The number of sulfone groups is 1. The van der Waals surface area contributed by atoms with Crippen LogP contribution in [0.5, 0.6) is 0 Å². The molecule has 14 heavy (non-hydrogen) atoms. The summed E-state index contributed by atoms with van der Waals surface area (Å²) in [4.78, 5) is 3.54. The summed E-state index contributed by atoms with van der Waals surface area (Å²) >= 11 is 0. The van der Waals surface area contributed by atoms with Crippen molar-refractivity contribution in [1.82, 2.24) is 4.98 Å². The molecule has 1 aromatic rings. The second-order valence-corrected chi connectivity index (χ2v) is 5.28. The zero-order valence-corrected chi connectivity index (χ0v) is 8.46. The maximum Gasteiger partial charge on any atom is 0.149 e. The van der Waals surface area contributed by atoms with Gasteiger partial charge in [0.1, 0.15) is 15.7 Å². The van der Waals surface area contributed by atoms with E-state index in [1.807, 2.05) is 0 Å². The molecule has 1 aromatic heterocycles. The second kappa shape index (κ2) is 4.02. The highest BCUT2D eigenvalue weighted by Gasteiger charge is 2.16. The maximum atomic E-state index is 13.1. The summed E-state index contributed by atoms with van der Waals surface area (Å²) < 4.78 is 34.9. The average molecular weight is 218 g/mol. The van der Waals surface area contributed by atoms with Crippen molar-refractivity contribution >= 4 is 9.84 Å². The van der Waals surface area contributed by atoms with E-state index in [1.165, 1.54) is 12.3 Å². The van der Waals surface area contributed by atoms with Crippen LogP contribution >= 0.6 is 0 Å². The van der Waals surface area contributed by atoms with Crippen LogP contribution < -0.4 is 5.73 Å². The molecular formula is C8H11FN2O2S. The summed E-state index contributed by atoms with van der Waals surface area (Å²) in [6, 6.07) is 0.540. The SMILES string of the molecule is CS(=O)(=O)CC(N)c1ccncc1F. The number of nitrogens with two attached hydrogens (primary N) is 1. The zero-order chi connectivity index (χ0) is 10.8. The standard InChI is InChI=1S/C8H11FN2O2S/c1-14(12,13)5-8(10)6-2-3-11-4-7(6)9/h2-4,8H,5,10H2,1H3. The van der Waals surface area contributed by atoms with Crippen molar-refractivity contribution in [3.63, 3.8) is 0 Å². The van der Waals surface area contributed by atoms with Crippen LogP contribution in [0.15, 0.2) is 18.5 Å². The van der Waals surface area contributed by atoms with Gasteiger partial charge in [0, 0.05) is 24.1 Å². The molecule has 4 nitrogen and oxygen atoms in total. The summed E-state index contributed by atoms with van der Waals surface area (Å²) in [6.07, 6.45) is 3.45. The minimum atomic E-state index is -3.20. The zero-order valence-electron chi connectivity index (χ0n) is 7.64. The van der Waals surface area contributed by atoms with E-state index in [2.05, 4.69) is 4.98 Å². The van der Waals surface area contributed by atoms with E-state index >= 15 is 0 Å². The predicted molar refractivity (Wildman–Crippen MR) is 50.8 cm³/mol. The Morgan fingerprint density at radius 2 is 2.29 bits per heavy atom. The van der Waals surface area contributed by atoms with Gasteiger partial charge in [0.2, 0.25) is 0 Å². The van der Waals surface area contributed by atoms with Crippen molar-refractivity contribution in [1.29, 1.82) is 0 Å². The monoisotopic (exact) mass is 218 g/mol. The minimum absolute atomic E-state index is 0.172. The molecular weight excluding hydrogens is 207 g/mol. The second-order valence-electron chi connectivity index (χ2n) is 3.10.